The molecular formula is C20H22N2O3. The van der Waals surface area contributed by atoms with Gasteiger partial charge in [0.05, 0.1) is 5.92 Å². The molecule has 0 N–H and O–H groups in total. The van der Waals surface area contributed by atoms with Crippen LogP contribution in [0.15, 0.2) is 48.5 Å². The van der Waals surface area contributed by atoms with Gasteiger partial charge in [-0.3, -0.25) is 10.1 Å². The topological polar surface area (TPSA) is 55.6 Å². The van der Waals surface area contributed by atoms with E-state index in [1.165, 1.54) is 5.56 Å². The van der Waals surface area contributed by atoms with Crippen LogP contribution in [0.5, 0.6) is 5.75 Å². The van der Waals surface area contributed by atoms with Gasteiger partial charge in [-0.2, -0.15) is 0 Å². The first-order chi connectivity index (χ1) is 12.1. The zero-order valence-corrected chi connectivity index (χ0v) is 14.3. The van der Waals surface area contributed by atoms with Crippen molar-refractivity contribution in [2.24, 2.45) is 5.92 Å². The standard InChI is InChI=1S/C20H22N2O3/c1-14-6-4-7-15(12-14)21-11-5-9-17-18(13-22(23)24)16-8-2-3-10-19(16)25-20(17)21/h2-4,6-8,10,12,17-18,20H,5,9,11,13H2,1H3. The van der Waals surface area contributed by atoms with Crippen LogP contribution in [0, 0.1) is 23.0 Å². The Morgan fingerprint density at radius 2 is 2.08 bits per heavy atom. The second-order valence-corrected chi connectivity index (χ2v) is 7.01. The number of hydrogen-bond acceptors (Lipinski definition) is 4. The quantitative estimate of drug-likeness (QED) is 0.627. The van der Waals surface area contributed by atoms with Crippen molar-refractivity contribution in [3.05, 3.63) is 69.8 Å². The third kappa shape index (κ3) is 2.95. The molecule has 3 atom stereocenters. The van der Waals surface area contributed by atoms with E-state index in [-0.39, 0.29) is 29.5 Å². The maximum atomic E-state index is 11.3. The number of fused-ring (bicyclic) bond motifs is 2. The first-order valence-corrected chi connectivity index (χ1v) is 8.84. The van der Waals surface area contributed by atoms with Crippen molar-refractivity contribution >= 4 is 5.69 Å². The molecule has 1 fully saturated rings. The van der Waals surface area contributed by atoms with Gasteiger partial charge in [0, 0.05) is 28.6 Å². The Balaban J connectivity index is 1.74. The number of rotatable bonds is 3. The van der Waals surface area contributed by atoms with Crippen molar-refractivity contribution in [3.8, 4) is 5.75 Å². The largest absolute Gasteiger partial charge is 0.470 e. The highest BCUT2D eigenvalue weighted by Gasteiger charge is 2.45. The number of nitrogens with zero attached hydrogens (tertiary/aromatic N) is 2. The molecule has 5 nitrogen and oxygen atoms in total. The molecule has 2 aliphatic heterocycles. The lowest BCUT2D eigenvalue weighted by Gasteiger charge is -2.47. The van der Waals surface area contributed by atoms with Crippen molar-refractivity contribution in [1.29, 1.82) is 0 Å². The Hall–Kier alpha value is -2.56. The summed E-state index contributed by atoms with van der Waals surface area (Å²) in [4.78, 5) is 13.4. The summed E-state index contributed by atoms with van der Waals surface area (Å²) in [6, 6.07) is 16.2. The van der Waals surface area contributed by atoms with E-state index >= 15 is 0 Å². The number of ether oxygens (including phenoxy) is 1. The van der Waals surface area contributed by atoms with Gasteiger partial charge in [-0.15, -0.1) is 0 Å². The summed E-state index contributed by atoms with van der Waals surface area (Å²) in [7, 11) is 0. The summed E-state index contributed by atoms with van der Waals surface area (Å²) in [5.74, 6) is 0.822. The summed E-state index contributed by atoms with van der Waals surface area (Å²) in [5, 5.41) is 11.3. The van der Waals surface area contributed by atoms with Gasteiger partial charge >= 0.3 is 0 Å². The highest BCUT2D eigenvalue weighted by molar-refractivity contribution is 5.51. The Morgan fingerprint density at radius 3 is 2.88 bits per heavy atom. The van der Waals surface area contributed by atoms with Gasteiger partial charge in [-0.1, -0.05) is 30.3 Å². The lowest BCUT2D eigenvalue weighted by Crippen LogP contribution is -2.53. The van der Waals surface area contributed by atoms with E-state index in [1.807, 2.05) is 24.3 Å². The van der Waals surface area contributed by atoms with Crippen LogP contribution in [0.1, 0.15) is 29.9 Å². The molecule has 130 valence electrons. The zero-order valence-electron chi connectivity index (χ0n) is 14.3. The van der Waals surface area contributed by atoms with Crippen LogP contribution >= 0.6 is 0 Å². The molecule has 0 amide bonds. The SMILES string of the molecule is Cc1cccc(N2CCCC3C(C[N+](=O)[O-])c4ccccc4OC32)c1. The number of nitro groups is 1. The number of para-hydroxylation sites is 1. The Kier molecular flexibility index (Phi) is 4.07. The van der Waals surface area contributed by atoms with Crippen molar-refractivity contribution in [3.63, 3.8) is 0 Å². The smallest absolute Gasteiger partial charge is 0.211 e. The van der Waals surface area contributed by atoms with E-state index in [0.29, 0.717) is 0 Å². The molecule has 2 aromatic rings. The highest BCUT2D eigenvalue weighted by Crippen LogP contribution is 2.45. The lowest BCUT2D eigenvalue weighted by atomic mass is 9.77. The number of aryl methyl sites for hydroxylation is 1. The van der Waals surface area contributed by atoms with Crippen molar-refractivity contribution in [1.82, 2.24) is 0 Å². The molecule has 0 aliphatic carbocycles. The highest BCUT2D eigenvalue weighted by atomic mass is 16.6. The molecule has 2 aliphatic rings. The summed E-state index contributed by atoms with van der Waals surface area (Å²) in [6.45, 7) is 2.96. The average molecular weight is 338 g/mol. The van der Waals surface area contributed by atoms with E-state index < -0.39 is 0 Å². The summed E-state index contributed by atoms with van der Waals surface area (Å²) < 4.78 is 6.36. The first-order valence-electron chi connectivity index (χ1n) is 8.84. The number of piperidine rings is 1. The minimum absolute atomic E-state index is 0.0385. The number of benzene rings is 2. The van der Waals surface area contributed by atoms with Gasteiger partial charge in [0.1, 0.15) is 5.75 Å². The van der Waals surface area contributed by atoms with Crippen LogP contribution in [0.3, 0.4) is 0 Å². The van der Waals surface area contributed by atoms with Gasteiger partial charge in [-0.25, -0.2) is 0 Å². The number of anilines is 1. The van der Waals surface area contributed by atoms with Gasteiger partial charge in [0.25, 0.3) is 0 Å². The molecule has 0 bridgehead atoms. The van der Waals surface area contributed by atoms with Gasteiger partial charge in [0.2, 0.25) is 6.54 Å². The van der Waals surface area contributed by atoms with Crippen LogP contribution in [-0.2, 0) is 0 Å². The molecule has 1 saturated heterocycles. The third-order valence-electron chi connectivity index (χ3n) is 5.37. The van der Waals surface area contributed by atoms with E-state index in [2.05, 4.69) is 36.1 Å². The van der Waals surface area contributed by atoms with Crippen molar-refractivity contribution in [2.45, 2.75) is 31.9 Å². The van der Waals surface area contributed by atoms with E-state index in [1.54, 1.807) is 0 Å². The Bertz CT molecular complexity index is 792. The van der Waals surface area contributed by atoms with E-state index in [4.69, 9.17) is 4.74 Å². The number of hydrogen-bond donors (Lipinski definition) is 0. The molecule has 4 rings (SSSR count). The molecule has 25 heavy (non-hydrogen) atoms. The Morgan fingerprint density at radius 1 is 1.24 bits per heavy atom. The molecule has 2 aromatic carbocycles. The van der Waals surface area contributed by atoms with Crippen molar-refractivity contribution < 1.29 is 9.66 Å². The fraction of sp³-hybridized carbons (Fsp3) is 0.400. The average Bonchev–Trinajstić information content (AvgIpc) is 2.61. The van der Waals surface area contributed by atoms with Crippen LogP contribution in [-0.4, -0.2) is 24.2 Å². The molecule has 0 spiro atoms. The summed E-state index contributed by atoms with van der Waals surface area (Å²) in [5.41, 5.74) is 3.32. The Labute approximate surface area is 147 Å². The van der Waals surface area contributed by atoms with Crippen LogP contribution in [0.25, 0.3) is 0 Å². The van der Waals surface area contributed by atoms with Crippen LogP contribution < -0.4 is 9.64 Å². The molecule has 3 unspecified atom stereocenters. The fourth-order valence-electron chi connectivity index (χ4n) is 4.28. The maximum absolute atomic E-state index is 11.3. The normalized spacial score (nSPS) is 24.8. The predicted molar refractivity (Wildman–Crippen MR) is 96.7 cm³/mol. The molecule has 2 heterocycles. The molecule has 0 saturated carbocycles. The zero-order chi connectivity index (χ0) is 17.4. The molecule has 0 aromatic heterocycles. The third-order valence-corrected chi connectivity index (χ3v) is 5.37. The van der Waals surface area contributed by atoms with Gasteiger partial charge in [0.15, 0.2) is 6.23 Å². The summed E-state index contributed by atoms with van der Waals surface area (Å²) in [6.07, 6.45) is 1.84. The minimum Gasteiger partial charge on any atom is -0.470 e. The monoisotopic (exact) mass is 338 g/mol. The van der Waals surface area contributed by atoms with Gasteiger partial charge < -0.3 is 9.64 Å². The molecule has 0 radical (unpaired) electrons. The second kappa shape index (κ2) is 6.39. The predicted octanol–water partition coefficient (Wildman–Crippen LogP) is 3.99. The second-order valence-electron chi connectivity index (χ2n) is 7.01. The molecular weight excluding hydrogens is 316 g/mol. The van der Waals surface area contributed by atoms with Crippen LogP contribution in [0.2, 0.25) is 0 Å². The maximum Gasteiger partial charge on any atom is 0.211 e. The first kappa shape index (κ1) is 15.9. The minimum atomic E-state index is -0.185. The fourth-order valence-corrected chi connectivity index (χ4v) is 4.28. The van der Waals surface area contributed by atoms with E-state index in [0.717, 1.165) is 36.4 Å². The van der Waals surface area contributed by atoms with Crippen molar-refractivity contribution in [2.75, 3.05) is 18.0 Å². The lowest BCUT2D eigenvalue weighted by molar-refractivity contribution is -0.485. The van der Waals surface area contributed by atoms with Gasteiger partial charge in [-0.05, 0) is 43.5 Å². The van der Waals surface area contributed by atoms with E-state index in [9.17, 15) is 10.1 Å². The van der Waals surface area contributed by atoms with Crippen LogP contribution in [0.4, 0.5) is 5.69 Å². The summed E-state index contributed by atoms with van der Waals surface area (Å²) >= 11 is 0. The molecule has 5 heteroatoms.